The van der Waals surface area contributed by atoms with Crippen LogP contribution in [0.2, 0.25) is 5.02 Å². The molecule has 0 unspecified atom stereocenters. The number of carbonyl (C=O) groups is 2. The lowest BCUT2D eigenvalue weighted by Crippen LogP contribution is -2.48. The van der Waals surface area contributed by atoms with Crippen molar-refractivity contribution in [3.8, 4) is 5.75 Å². The van der Waals surface area contributed by atoms with Crippen LogP contribution in [-0.2, 0) is 9.59 Å². The first kappa shape index (κ1) is 17.6. The van der Waals surface area contributed by atoms with E-state index >= 15 is 0 Å². The number of nitrogens with zero attached hydrogens (tertiary/aromatic N) is 1. The maximum absolute atomic E-state index is 12.3. The molecular formula is C16H22ClN3O3. The van der Waals surface area contributed by atoms with Crippen molar-refractivity contribution in [3.05, 3.63) is 23.2 Å². The number of halogens is 1. The summed E-state index contributed by atoms with van der Waals surface area (Å²) in [7, 11) is 1.54. The third-order valence-electron chi connectivity index (χ3n) is 3.92. The van der Waals surface area contributed by atoms with Crippen LogP contribution < -0.4 is 15.4 Å². The molecule has 0 aliphatic carbocycles. The minimum Gasteiger partial charge on any atom is -0.495 e. The van der Waals surface area contributed by atoms with Crippen LogP contribution in [0.15, 0.2) is 18.2 Å². The van der Waals surface area contributed by atoms with Crippen LogP contribution in [0.5, 0.6) is 5.75 Å². The van der Waals surface area contributed by atoms with E-state index in [1.54, 1.807) is 18.2 Å². The monoisotopic (exact) mass is 339 g/mol. The number of carbonyl (C=O) groups excluding carboxylic acids is 2. The van der Waals surface area contributed by atoms with E-state index in [0.29, 0.717) is 36.0 Å². The van der Waals surface area contributed by atoms with Gasteiger partial charge in [0.25, 0.3) is 0 Å². The van der Waals surface area contributed by atoms with Gasteiger partial charge < -0.3 is 15.4 Å². The van der Waals surface area contributed by atoms with Gasteiger partial charge in [-0.1, -0.05) is 11.6 Å². The summed E-state index contributed by atoms with van der Waals surface area (Å²) in [6.45, 7) is 5.33. The molecule has 23 heavy (non-hydrogen) atoms. The number of ether oxygens (including phenoxy) is 1. The summed E-state index contributed by atoms with van der Waals surface area (Å²) in [6.07, 6.45) is 0.370. The molecule has 126 valence electrons. The van der Waals surface area contributed by atoms with Gasteiger partial charge in [0, 0.05) is 30.7 Å². The number of rotatable bonds is 4. The van der Waals surface area contributed by atoms with Gasteiger partial charge in [0.2, 0.25) is 11.8 Å². The van der Waals surface area contributed by atoms with E-state index in [1.807, 2.05) is 18.7 Å². The van der Waals surface area contributed by atoms with E-state index < -0.39 is 0 Å². The molecule has 2 rings (SSSR count). The highest BCUT2D eigenvalue weighted by Gasteiger charge is 2.32. The Kier molecular flexibility index (Phi) is 5.49. The van der Waals surface area contributed by atoms with Crippen molar-refractivity contribution in [1.29, 1.82) is 0 Å². The van der Waals surface area contributed by atoms with Crippen molar-refractivity contribution in [3.63, 3.8) is 0 Å². The lowest BCUT2D eigenvalue weighted by Gasteiger charge is -2.35. The summed E-state index contributed by atoms with van der Waals surface area (Å²) in [6, 6.07) is 5.09. The van der Waals surface area contributed by atoms with Crippen LogP contribution in [0, 0.1) is 0 Å². The number of amides is 2. The fraction of sp³-hybridized carbons (Fsp3) is 0.500. The average molecular weight is 340 g/mol. The quantitative estimate of drug-likeness (QED) is 0.878. The molecule has 0 spiro atoms. The second-order valence-corrected chi connectivity index (χ2v) is 6.57. The zero-order chi connectivity index (χ0) is 17.0. The molecule has 1 fully saturated rings. The summed E-state index contributed by atoms with van der Waals surface area (Å²) < 4.78 is 5.09. The lowest BCUT2D eigenvalue weighted by molar-refractivity contribution is -0.123. The minimum absolute atomic E-state index is 0.0137. The molecular weight excluding hydrogens is 318 g/mol. The van der Waals surface area contributed by atoms with Gasteiger partial charge >= 0.3 is 0 Å². The van der Waals surface area contributed by atoms with Gasteiger partial charge in [-0.2, -0.15) is 0 Å². The molecule has 1 saturated heterocycles. The molecule has 0 atom stereocenters. The minimum atomic E-state index is -0.366. The maximum Gasteiger partial charge on any atom is 0.238 e. The number of hydrogen-bond acceptors (Lipinski definition) is 4. The Morgan fingerprint density at radius 1 is 1.48 bits per heavy atom. The van der Waals surface area contributed by atoms with E-state index in [-0.39, 0.29) is 23.9 Å². The second kappa shape index (κ2) is 7.19. The van der Waals surface area contributed by atoms with Crippen LogP contribution in [0.1, 0.15) is 20.3 Å². The Balaban J connectivity index is 2.01. The first-order valence-corrected chi connectivity index (χ1v) is 7.85. The van der Waals surface area contributed by atoms with Gasteiger partial charge in [-0.3, -0.25) is 14.5 Å². The van der Waals surface area contributed by atoms with Crippen LogP contribution in [0.25, 0.3) is 0 Å². The van der Waals surface area contributed by atoms with Crippen molar-refractivity contribution >= 4 is 29.1 Å². The molecule has 1 aromatic rings. The van der Waals surface area contributed by atoms with Gasteiger partial charge in [0.1, 0.15) is 5.75 Å². The van der Waals surface area contributed by atoms with Gasteiger partial charge in [0.05, 0.1) is 18.7 Å². The molecule has 1 heterocycles. The average Bonchev–Trinajstić information content (AvgIpc) is 2.57. The van der Waals surface area contributed by atoms with Crippen molar-refractivity contribution in [2.45, 2.75) is 25.8 Å². The number of anilines is 1. The van der Waals surface area contributed by atoms with Gasteiger partial charge in [-0.05, 0) is 32.0 Å². The smallest absolute Gasteiger partial charge is 0.238 e. The van der Waals surface area contributed by atoms with Crippen LogP contribution in [-0.4, -0.2) is 49.0 Å². The second-order valence-electron chi connectivity index (χ2n) is 6.16. The highest BCUT2D eigenvalue weighted by Crippen LogP contribution is 2.27. The molecule has 2 N–H and O–H groups in total. The normalized spacial score (nSPS) is 18.0. The van der Waals surface area contributed by atoms with E-state index in [9.17, 15) is 9.59 Å². The molecule has 0 aromatic heterocycles. The molecule has 0 radical (unpaired) electrons. The first-order valence-electron chi connectivity index (χ1n) is 7.47. The van der Waals surface area contributed by atoms with Gasteiger partial charge in [-0.15, -0.1) is 0 Å². The number of methoxy groups -OCH3 is 1. The zero-order valence-electron chi connectivity index (χ0n) is 13.6. The lowest BCUT2D eigenvalue weighted by atomic mass is 9.98. The Labute approximate surface area is 141 Å². The topological polar surface area (TPSA) is 70.7 Å². The third-order valence-corrected chi connectivity index (χ3v) is 4.22. The summed E-state index contributed by atoms with van der Waals surface area (Å²) >= 11 is 6.06. The molecule has 2 amide bonds. The highest BCUT2D eigenvalue weighted by atomic mass is 35.5. The Bertz CT molecular complexity index is 604. The SMILES string of the molecule is COc1ccc(NC(=O)CN2CCNC(=O)CC2(C)C)cc1Cl. The summed E-state index contributed by atoms with van der Waals surface area (Å²) in [5.41, 5.74) is 0.248. The maximum atomic E-state index is 12.3. The highest BCUT2D eigenvalue weighted by molar-refractivity contribution is 6.32. The van der Waals surface area contributed by atoms with Crippen molar-refractivity contribution in [1.82, 2.24) is 10.2 Å². The Morgan fingerprint density at radius 2 is 2.22 bits per heavy atom. The van der Waals surface area contributed by atoms with E-state index in [2.05, 4.69) is 10.6 Å². The van der Waals surface area contributed by atoms with Gasteiger partial charge in [0.15, 0.2) is 0 Å². The summed E-state index contributed by atoms with van der Waals surface area (Å²) in [5.74, 6) is 0.427. The molecule has 7 heteroatoms. The molecule has 0 bridgehead atoms. The standard InChI is InChI=1S/C16H22ClN3O3/c1-16(2)9-14(21)18-6-7-20(16)10-15(22)19-11-4-5-13(23-3)12(17)8-11/h4-5,8H,6-7,9-10H2,1-3H3,(H,18,21)(H,19,22). The molecule has 0 saturated carbocycles. The van der Waals surface area contributed by atoms with Crippen LogP contribution in [0.3, 0.4) is 0 Å². The fourth-order valence-electron chi connectivity index (χ4n) is 2.61. The first-order chi connectivity index (χ1) is 10.8. The van der Waals surface area contributed by atoms with Crippen molar-refractivity contribution < 1.29 is 14.3 Å². The fourth-order valence-corrected chi connectivity index (χ4v) is 2.87. The number of nitrogens with one attached hydrogen (secondary N) is 2. The van der Waals surface area contributed by atoms with Gasteiger partial charge in [-0.25, -0.2) is 0 Å². The predicted molar refractivity (Wildman–Crippen MR) is 89.9 cm³/mol. The number of benzene rings is 1. The van der Waals surface area contributed by atoms with Crippen LogP contribution in [0.4, 0.5) is 5.69 Å². The molecule has 1 aliphatic rings. The number of hydrogen-bond donors (Lipinski definition) is 2. The van der Waals surface area contributed by atoms with E-state index in [4.69, 9.17) is 16.3 Å². The Morgan fingerprint density at radius 3 is 2.87 bits per heavy atom. The molecule has 6 nitrogen and oxygen atoms in total. The summed E-state index contributed by atoms with van der Waals surface area (Å²) in [5, 5.41) is 6.09. The van der Waals surface area contributed by atoms with Crippen molar-refractivity contribution in [2.75, 3.05) is 32.1 Å². The largest absolute Gasteiger partial charge is 0.495 e. The molecule has 1 aliphatic heterocycles. The third kappa shape index (κ3) is 4.59. The van der Waals surface area contributed by atoms with E-state index in [1.165, 1.54) is 7.11 Å². The summed E-state index contributed by atoms with van der Waals surface area (Å²) in [4.78, 5) is 26.0. The van der Waals surface area contributed by atoms with E-state index in [0.717, 1.165) is 0 Å². The predicted octanol–water partition coefficient (Wildman–Crippen LogP) is 1.89. The molecule has 1 aromatic carbocycles. The Hall–Kier alpha value is -1.79. The van der Waals surface area contributed by atoms with Crippen LogP contribution >= 0.6 is 11.6 Å². The van der Waals surface area contributed by atoms with Crippen molar-refractivity contribution in [2.24, 2.45) is 0 Å². The zero-order valence-corrected chi connectivity index (χ0v) is 14.4.